The van der Waals surface area contributed by atoms with Gasteiger partial charge in [-0.15, -0.1) is 0 Å². The summed E-state index contributed by atoms with van der Waals surface area (Å²) in [5.74, 6) is -0.893. The van der Waals surface area contributed by atoms with E-state index in [0.29, 0.717) is 12.1 Å². The van der Waals surface area contributed by atoms with Gasteiger partial charge in [0.05, 0.1) is 12.1 Å². The predicted molar refractivity (Wildman–Crippen MR) is 107 cm³/mol. The molecular formula is C22H23N3O3. The molecule has 3 aromatic rings. The van der Waals surface area contributed by atoms with Crippen LogP contribution < -0.4 is 5.32 Å². The topological polar surface area (TPSA) is 73.2 Å². The van der Waals surface area contributed by atoms with Crippen LogP contribution in [0.1, 0.15) is 34.0 Å². The maximum Gasteiger partial charge on any atom is 0.338 e. The largest absolute Gasteiger partial charge is 0.449 e. The normalized spacial score (nSPS) is 11.7. The van der Waals surface area contributed by atoms with Crippen molar-refractivity contribution in [2.24, 2.45) is 0 Å². The molecule has 0 aliphatic carbocycles. The molecule has 0 saturated carbocycles. The zero-order valence-corrected chi connectivity index (χ0v) is 16.2. The fraction of sp³-hybridized carbons (Fsp3) is 0.227. The van der Waals surface area contributed by atoms with Gasteiger partial charge in [-0.1, -0.05) is 30.3 Å². The van der Waals surface area contributed by atoms with Crippen LogP contribution in [-0.2, 0) is 16.1 Å². The SMILES string of the molecule is Cc1cccc(C)c1NC(=O)C(C)OC(=O)c1ccc(Cn2cccn2)cc1. The van der Waals surface area contributed by atoms with Crippen LogP contribution in [0.25, 0.3) is 0 Å². The Morgan fingerprint density at radius 2 is 1.75 bits per heavy atom. The second-order valence-corrected chi connectivity index (χ2v) is 6.70. The van der Waals surface area contributed by atoms with Gasteiger partial charge in [0, 0.05) is 18.1 Å². The van der Waals surface area contributed by atoms with Crippen molar-refractivity contribution >= 4 is 17.6 Å². The van der Waals surface area contributed by atoms with Crippen LogP contribution in [0, 0.1) is 13.8 Å². The number of carbonyl (C=O) groups excluding carboxylic acids is 2. The van der Waals surface area contributed by atoms with Crippen LogP contribution >= 0.6 is 0 Å². The van der Waals surface area contributed by atoms with Crippen molar-refractivity contribution in [2.45, 2.75) is 33.4 Å². The van der Waals surface area contributed by atoms with Crippen LogP contribution in [0.5, 0.6) is 0 Å². The van der Waals surface area contributed by atoms with E-state index in [1.54, 1.807) is 29.9 Å². The average Bonchev–Trinajstić information content (AvgIpc) is 3.18. The van der Waals surface area contributed by atoms with Gasteiger partial charge < -0.3 is 10.1 Å². The molecule has 2 aromatic carbocycles. The van der Waals surface area contributed by atoms with E-state index in [0.717, 1.165) is 22.4 Å². The third kappa shape index (κ3) is 4.65. The number of benzene rings is 2. The molecule has 3 rings (SSSR count). The zero-order chi connectivity index (χ0) is 20.1. The summed E-state index contributed by atoms with van der Waals surface area (Å²) in [6, 6.07) is 14.7. The standard InChI is InChI=1S/C22H23N3O3/c1-15-6-4-7-16(2)20(15)24-21(26)17(3)28-22(27)19-10-8-18(9-11-19)14-25-13-5-12-23-25/h4-13,17H,14H2,1-3H3,(H,24,26). The predicted octanol–water partition coefficient (Wildman–Crippen LogP) is 3.73. The lowest BCUT2D eigenvalue weighted by molar-refractivity contribution is -0.123. The first-order chi connectivity index (χ1) is 13.4. The van der Waals surface area contributed by atoms with Gasteiger partial charge in [-0.05, 0) is 55.7 Å². The lowest BCUT2D eigenvalue weighted by Gasteiger charge is -2.16. The van der Waals surface area contributed by atoms with E-state index >= 15 is 0 Å². The zero-order valence-electron chi connectivity index (χ0n) is 16.2. The number of hydrogen-bond donors (Lipinski definition) is 1. The number of nitrogens with zero attached hydrogens (tertiary/aromatic N) is 2. The van der Waals surface area contributed by atoms with E-state index in [-0.39, 0.29) is 5.91 Å². The summed E-state index contributed by atoms with van der Waals surface area (Å²) in [5, 5.41) is 7.00. The van der Waals surface area contributed by atoms with Crippen LogP contribution in [0.3, 0.4) is 0 Å². The Hall–Kier alpha value is -3.41. The van der Waals surface area contributed by atoms with Crippen LogP contribution in [0.15, 0.2) is 60.9 Å². The molecule has 6 heteroatoms. The number of hydrogen-bond acceptors (Lipinski definition) is 4. The summed E-state index contributed by atoms with van der Waals surface area (Å²) < 4.78 is 7.13. The molecule has 28 heavy (non-hydrogen) atoms. The number of amides is 1. The molecule has 6 nitrogen and oxygen atoms in total. The van der Waals surface area contributed by atoms with Crippen LogP contribution in [0.4, 0.5) is 5.69 Å². The smallest absolute Gasteiger partial charge is 0.338 e. The van der Waals surface area contributed by atoms with Crippen molar-refractivity contribution in [3.63, 3.8) is 0 Å². The first kappa shape index (κ1) is 19.4. The molecule has 1 unspecified atom stereocenters. The Morgan fingerprint density at radius 3 is 2.36 bits per heavy atom. The minimum atomic E-state index is -0.907. The Balaban J connectivity index is 1.59. The molecule has 1 atom stereocenters. The van der Waals surface area contributed by atoms with Gasteiger partial charge in [0.15, 0.2) is 6.10 Å². The van der Waals surface area contributed by atoms with Crippen molar-refractivity contribution in [3.8, 4) is 0 Å². The molecule has 1 heterocycles. The maximum atomic E-state index is 12.4. The van der Waals surface area contributed by atoms with Crippen molar-refractivity contribution in [2.75, 3.05) is 5.32 Å². The number of ether oxygens (including phenoxy) is 1. The Kier molecular flexibility index (Phi) is 5.89. The summed E-state index contributed by atoms with van der Waals surface area (Å²) >= 11 is 0. The second-order valence-electron chi connectivity index (χ2n) is 6.70. The molecular weight excluding hydrogens is 354 g/mol. The molecule has 0 fully saturated rings. The molecule has 0 spiro atoms. The Labute approximate surface area is 164 Å². The highest BCUT2D eigenvalue weighted by molar-refractivity contribution is 5.98. The highest BCUT2D eigenvalue weighted by atomic mass is 16.5. The Morgan fingerprint density at radius 1 is 1.07 bits per heavy atom. The highest BCUT2D eigenvalue weighted by Crippen LogP contribution is 2.20. The fourth-order valence-corrected chi connectivity index (χ4v) is 2.85. The van der Waals surface area contributed by atoms with Gasteiger partial charge in [0.25, 0.3) is 5.91 Å². The molecule has 0 radical (unpaired) electrons. The summed E-state index contributed by atoms with van der Waals surface area (Å²) in [7, 11) is 0. The Bertz CT molecular complexity index is 943. The first-order valence-corrected chi connectivity index (χ1v) is 9.08. The number of rotatable bonds is 6. The summed E-state index contributed by atoms with van der Waals surface area (Å²) in [4.78, 5) is 24.8. The molecule has 0 bridgehead atoms. The number of aryl methyl sites for hydroxylation is 2. The van der Waals surface area contributed by atoms with Gasteiger partial charge in [0.1, 0.15) is 0 Å². The minimum Gasteiger partial charge on any atom is -0.449 e. The van der Waals surface area contributed by atoms with E-state index in [1.807, 2.05) is 56.4 Å². The number of para-hydroxylation sites is 1. The maximum absolute atomic E-state index is 12.4. The van der Waals surface area contributed by atoms with Crippen molar-refractivity contribution in [1.82, 2.24) is 9.78 Å². The fourth-order valence-electron chi connectivity index (χ4n) is 2.85. The summed E-state index contributed by atoms with van der Waals surface area (Å²) in [6.45, 7) is 6.03. The quantitative estimate of drug-likeness (QED) is 0.664. The molecule has 1 N–H and O–H groups in total. The van der Waals surface area contributed by atoms with Crippen molar-refractivity contribution < 1.29 is 14.3 Å². The van der Waals surface area contributed by atoms with E-state index in [4.69, 9.17) is 4.74 Å². The molecule has 1 amide bonds. The van der Waals surface area contributed by atoms with Gasteiger partial charge in [0.2, 0.25) is 0 Å². The van der Waals surface area contributed by atoms with Gasteiger partial charge >= 0.3 is 5.97 Å². The van der Waals surface area contributed by atoms with E-state index in [9.17, 15) is 9.59 Å². The molecule has 0 saturated heterocycles. The van der Waals surface area contributed by atoms with Gasteiger partial charge in [-0.3, -0.25) is 9.48 Å². The molecule has 1 aromatic heterocycles. The summed E-state index contributed by atoms with van der Waals surface area (Å²) in [5.41, 5.74) is 4.08. The number of anilines is 1. The second kappa shape index (κ2) is 8.52. The number of aromatic nitrogens is 2. The van der Waals surface area contributed by atoms with Crippen LogP contribution in [0.2, 0.25) is 0 Å². The van der Waals surface area contributed by atoms with Gasteiger partial charge in [-0.25, -0.2) is 4.79 Å². The molecule has 0 aliphatic rings. The first-order valence-electron chi connectivity index (χ1n) is 9.08. The third-order valence-corrected chi connectivity index (χ3v) is 4.48. The van der Waals surface area contributed by atoms with E-state index < -0.39 is 12.1 Å². The lowest BCUT2D eigenvalue weighted by atomic mass is 10.1. The highest BCUT2D eigenvalue weighted by Gasteiger charge is 2.20. The average molecular weight is 377 g/mol. The number of esters is 1. The van der Waals surface area contributed by atoms with Crippen molar-refractivity contribution in [1.29, 1.82) is 0 Å². The van der Waals surface area contributed by atoms with Crippen molar-refractivity contribution in [3.05, 3.63) is 83.2 Å². The number of nitrogens with one attached hydrogen (secondary N) is 1. The van der Waals surface area contributed by atoms with E-state index in [1.165, 1.54) is 0 Å². The number of carbonyl (C=O) groups is 2. The molecule has 144 valence electrons. The van der Waals surface area contributed by atoms with Gasteiger partial charge in [-0.2, -0.15) is 5.10 Å². The minimum absolute atomic E-state index is 0.360. The van der Waals surface area contributed by atoms with E-state index in [2.05, 4.69) is 10.4 Å². The summed E-state index contributed by atoms with van der Waals surface area (Å²) in [6.07, 6.45) is 2.69. The van der Waals surface area contributed by atoms with Crippen LogP contribution in [-0.4, -0.2) is 27.8 Å². The molecule has 0 aliphatic heterocycles. The lowest BCUT2D eigenvalue weighted by Crippen LogP contribution is -2.30. The monoisotopic (exact) mass is 377 g/mol. The third-order valence-electron chi connectivity index (χ3n) is 4.48.